The molecule has 0 spiro atoms. The van der Waals surface area contributed by atoms with Crippen LogP contribution < -0.4 is 16.5 Å². The Labute approximate surface area is 146 Å². The van der Waals surface area contributed by atoms with E-state index in [-0.39, 0.29) is 11.6 Å². The second-order valence-corrected chi connectivity index (χ2v) is 5.58. The van der Waals surface area contributed by atoms with Crippen molar-refractivity contribution in [2.24, 2.45) is 0 Å². The molecule has 128 valence electrons. The van der Waals surface area contributed by atoms with E-state index < -0.39 is 0 Å². The van der Waals surface area contributed by atoms with Gasteiger partial charge in [-0.3, -0.25) is 15.4 Å². The molecule has 0 aliphatic heterocycles. The number of para-hydroxylation sites is 2. The van der Waals surface area contributed by atoms with Crippen molar-refractivity contribution in [1.82, 2.24) is 14.5 Å². The SMILES string of the molecule is CCc1cccc(CC)c1-n1cnc(NNc2ccccc2)nc1=O. The summed E-state index contributed by atoms with van der Waals surface area (Å²) in [6.07, 6.45) is 3.20. The molecule has 0 saturated carbocycles. The first kappa shape index (κ1) is 16.7. The lowest BCUT2D eigenvalue weighted by Crippen LogP contribution is -2.26. The Morgan fingerprint density at radius 2 is 1.60 bits per heavy atom. The van der Waals surface area contributed by atoms with Crippen LogP contribution in [0.3, 0.4) is 0 Å². The number of aromatic nitrogens is 3. The second kappa shape index (κ2) is 7.61. The molecule has 6 nitrogen and oxygen atoms in total. The van der Waals surface area contributed by atoms with Crippen LogP contribution in [0.2, 0.25) is 0 Å². The summed E-state index contributed by atoms with van der Waals surface area (Å²) in [5, 5.41) is 0. The van der Waals surface area contributed by atoms with Gasteiger partial charge in [-0.25, -0.2) is 9.78 Å². The number of benzene rings is 2. The maximum Gasteiger partial charge on any atom is 0.356 e. The van der Waals surface area contributed by atoms with E-state index in [9.17, 15) is 4.79 Å². The van der Waals surface area contributed by atoms with E-state index in [1.165, 1.54) is 10.9 Å². The minimum absolute atomic E-state index is 0.233. The Balaban J connectivity index is 1.89. The molecule has 1 heterocycles. The summed E-state index contributed by atoms with van der Waals surface area (Å²) in [7, 11) is 0. The zero-order valence-corrected chi connectivity index (χ0v) is 14.4. The van der Waals surface area contributed by atoms with Crippen LogP contribution in [0.15, 0.2) is 59.7 Å². The van der Waals surface area contributed by atoms with Crippen LogP contribution in [-0.4, -0.2) is 14.5 Å². The third kappa shape index (κ3) is 3.68. The third-order valence-corrected chi connectivity index (χ3v) is 4.00. The first-order chi connectivity index (χ1) is 12.2. The summed E-state index contributed by atoms with van der Waals surface area (Å²) in [4.78, 5) is 20.8. The van der Waals surface area contributed by atoms with Crippen molar-refractivity contribution in [1.29, 1.82) is 0 Å². The fourth-order valence-electron chi connectivity index (χ4n) is 2.72. The Morgan fingerprint density at radius 1 is 0.920 bits per heavy atom. The van der Waals surface area contributed by atoms with Crippen molar-refractivity contribution < 1.29 is 0 Å². The highest BCUT2D eigenvalue weighted by molar-refractivity contribution is 5.49. The molecule has 0 atom stereocenters. The maximum absolute atomic E-state index is 12.5. The first-order valence-corrected chi connectivity index (χ1v) is 8.36. The van der Waals surface area contributed by atoms with Crippen molar-refractivity contribution in [2.45, 2.75) is 26.7 Å². The van der Waals surface area contributed by atoms with Gasteiger partial charge < -0.3 is 0 Å². The van der Waals surface area contributed by atoms with Crippen LogP contribution >= 0.6 is 0 Å². The Kier molecular flexibility index (Phi) is 5.09. The highest BCUT2D eigenvalue weighted by Crippen LogP contribution is 2.19. The van der Waals surface area contributed by atoms with Crippen LogP contribution in [0, 0.1) is 0 Å². The lowest BCUT2D eigenvalue weighted by Gasteiger charge is -2.15. The monoisotopic (exact) mass is 335 g/mol. The van der Waals surface area contributed by atoms with Gasteiger partial charge in [-0.1, -0.05) is 50.2 Å². The molecule has 0 fully saturated rings. The zero-order valence-electron chi connectivity index (χ0n) is 14.4. The van der Waals surface area contributed by atoms with Crippen LogP contribution in [-0.2, 0) is 12.8 Å². The van der Waals surface area contributed by atoms with E-state index in [0.29, 0.717) is 0 Å². The Morgan fingerprint density at radius 3 is 2.20 bits per heavy atom. The van der Waals surface area contributed by atoms with Gasteiger partial charge in [0.1, 0.15) is 6.33 Å². The lowest BCUT2D eigenvalue weighted by molar-refractivity contribution is 0.836. The van der Waals surface area contributed by atoms with Gasteiger partial charge >= 0.3 is 5.69 Å². The number of nitrogens with one attached hydrogen (secondary N) is 2. The molecule has 0 radical (unpaired) electrons. The van der Waals surface area contributed by atoms with E-state index in [0.717, 1.165) is 35.3 Å². The van der Waals surface area contributed by atoms with Gasteiger partial charge in [0.05, 0.1) is 11.4 Å². The quantitative estimate of drug-likeness (QED) is 0.677. The number of nitrogens with zero attached hydrogens (tertiary/aromatic N) is 3. The molecule has 6 heteroatoms. The van der Waals surface area contributed by atoms with Gasteiger partial charge in [-0.2, -0.15) is 4.98 Å². The zero-order chi connectivity index (χ0) is 17.6. The summed E-state index contributed by atoms with van der Waals surface area (Å²) in [6.45, 7) is 4.15. The van der Waals surface area contributed by atoms with E-state index in [4.69, 9.17) is 0 Å². The molecule has 25 heavy (non-hydrogen) atoms. The van der Waals surface area contributed by atoms with Crippen molar-refractivity contribution in [3.8, 4) is 5.69 Å². The molecule has 0 aliphatic carbocycles. The number of aryl methyl sites for hydroxylation is 2. The van der Waals surface area contributed by atoms with E-state index in [2.05, 4.69) is 34.7 Å². The van der Waals surface area contributed by atoms with Gasteiger partial charge in [-0.05, 0) is 36.1 Å². The Bertz CT molecular complexity index is 883. The molecule has 2 aromatic carbocycles. The highest BCUT2D eigenvalue weighted by atomic mass is 16.1. The lowest BCUT2D eigenvalue weighted by atomic mass is 10.0. The first-order valence-electron chi connectivity index (χ1n) is 8.36. The van der Waals surface area contributed by atoms with Crippen LogP contribution in [0.5, 0.6) is 0 Å². The minimum Gasteiger partial charge on any atom is -0.298 e. The normalized spacial score (nSPS) is 10.5. The summed E-state index contributed by atoms with van der Waals surface area (Å²) in [6, 6.07) is 15.6. The molecule has 0 bridgehead atoms. The maximum atomic E-state index is 12.5. The molecule has 0 amide bonds. The van der Waals surface area contributed by atoms with Crippen LogP contribution in [0.4, 0.5) is 11.6 Å². The standard InChI is InChI=1S/C19H21N5O/c1-3-14-9-8-10-15(4-2)17(14)24-13-20-18(21-19(24)25)23-22-16-11-6-5-7-12-16/h5-13,22H,3-4H2,1-2H3,(H,21,23,25). The number of hydrogen-bond donors (Lipinski definition) is 2. The predicted molar refractivity (Wildman–Crippen MR) is 100 cm³/mol. The van der Waals surface area contributed by atoms with E-state index in [1.54, 1.807) is 0 Å². The fraction of sp³-hybridized carbons (Fsp3) is 0.211. The molecule has 0 unspecified atom stereocenters. The van der Waals surface area contributed by atoms with Gasteiger partial charge in [0.2, 0.25) is 5.95 Å². The van der Waals surface area contributed by atoms with Crippen LogP contribution in [0.25, 0.3) is 5.69 Å². The number of hydrazine groups is 1. The fourth-order valence-corrected chi connectivity index (χ4v) is 2.72. The van der Waals surface area contributed by atoms with Gasteiger partial charge in [0, 0.05) is 0 Å². The smallest absolute Gasteiger partial charge is 0.298 e. The molecular formula is C19H21N5O. The molecule has 3 rings (SSSR count). The van der Waals surface area contributed by atoms with Crippen LogP contribution in [0.1, 0.15) is 25.0 Å². The summed E-state index contributed by atoms with van der Waals surface area (Å²) in [5.74, 6) is 0.233. The van der Waals surface area contributed by atoms with E-state index in [1.807, 2.05) is 48.5 Å². The predicted octanol–water partition coefficient (Wildman–Crippen LogP) is 3.19. The number of anilines is 2. The highest BCUT2D eigenvalue weighted by Gasteiger charge is 2.11. The average molecular weight is 335 g/mol. The molecule has 3 aromatic rings. The van der Waals surface area contributed by atoms with E-state index >= 15 is 0 Å². The largest absolute Gasteiger partial charge is 0.356 e. The summed E-state index contributed by atoms with van der Waals surface area (Å²) < 4.78 is 1.52. The average Bonchev–Trinajstić information content (AvgIpc) is 2.66. The van der Waals surface area contributed by atoms with Gasteiger partial charge in [0.25, 0.3) is 0 Å². The topological polar surface area (TPSA) is 71.8 Å². The van der Waals surface area contributed by atoms with Crippen molar-refractivity contribution in [2.75, 3.05) is 10.9 Å². The molecule has 0 aliphatic rings. The third-order valence-electron chi connectivity index (χ3n) is 4.00. The Hall–Kier alpha value is -3.15. The number of rotatable bonds is 6. The molecule has 1 aromatic heterocycles. The molecule has 2 N–H and O–H groups in total. The summed E-state index contributed by atoms with van der Waals surface area (Å²) in [5.41, 5.74) is 9.42. The van der Waals surface area contributed by atoms with Crippen molar-refractivity contribution in [3.63, 3.8) is 0 Å². The van der Waals surface area contributed by atoms with Crippen molar-refractivity contribution >= 4 is 11.6 Å². The van der Waals surface area contributed by atoms with Gasteiger partial charge in [0.15, 0.2) is 0 Å². The number of hydrogen-bond acceptors (Lipinski definition) is 5. The van der Waals surface area contributed by atoms with Gasteiger partial charge in [-0.15, -0.1) is 0 Å². The summed E-state index contributed by atoms with van der Waals surface area (Å²) >= 11 is 0. The molecule has 0 saturated heterocycles. The molecular weight excluding hydrogens is 314 g/mol. The minimum atomic E-state index is -0.358. The second-order valence-electron chi connectivity index (χ2n) is 5.58. The van der Waals surface area contributed by atoms with Crippen molar-refractivity contribution in [3.05, 3.63) is 76.5 Å².